The first-order chi connectivity index (χ1) is 13.1. The molecule has 4 heteroatoms. The van der Waals surface area contributed by atoms with Crippen molar-refractivity contribution in [3.8, 4) is 0 Å². The third-order valence-corrected chi connectivity index (χ3v) is 5.40. The largest absolute Gasteiger partial charge is 0.481 e. The fourth-order valence-electron chi connectivity index (χ4n) is 3.55. The highest BCUT2D eigenvalue weighted by Gasteiger charge is 2.09. The fraction of sp³-hybridized carbons (Fsp3) is 0.957. The van der Waals surface area contributed by atoms with Crippen LogP contribution in [0.5, 0.6) is 0 Å². The van der Waals surface area contributed by atoms with Crippen LogP contribution in [0.3, 0.4) is 0 Å². The standard InChI is InChI=1S/C23H46O4/c1-2-3-4-5-7-10-13-16-21(24)19-20-22(25)17-14-11-8-6-9-12-15-18-23(26)27/h21-22,24-25H,2-20H2,1H3,(H,26,27). The van der Waals surface area contributed by atoms with Crippen LogP contribution >= 0.6 is 0 Å². The van der Waals surface area contributed by atoms with Crippen LogP contribution in [0.15, 0.2) is 0 Å². The van der Waals surface area contributed by atoms with Crippen molar-refractivity contribution in [2.45, 2.75) is 141 Å². The highest BCUT2D eigenvalue weighted by atomic mass is 16.4. The molecule has 0 aliphatic carbocycles. The number of carbonyl (C=O) groups is 1. The van der Waals surface area contributed by atoms with E-state index in [1.54, 1.807) is 0 Å². The molecule has 0 rings (SSSR count). The molecule has 162 valence electrons. The van der Waals surface area contributed by atoms with Crippen LogP contribution in [0.2, 0.25) is 0 Å². The van der Waals surface area contributed by atoms with Crippen molar-refractivity contribution < 1.29 is 20.1 Å². The molecular formula is C23H46O4. The number of carboxylic acid groups (broad SMARTS) is 1. The highest BCUT2D eigenvalue weighted by molar-refractivity contribution is 5.66. The minimum absolute atomic E-state index is 0.249. The van der Waals surface area contributed by atoms with Gasteiger partial charge in [-0.05, 0) is 32.1 Å². The van der Waals surface area contributed by atoms with Gasteiger partial charge in [-0.15, -0.1) is 0 Å². The first kappa shape index (κ1) is 26.4. The summed E-state index contributed by atoms with van der Waals surface area (Å²) in [5, 5.41) is 28.7. The predicted molar refractivity (Wildman–Crippen MR) is 113 cm³/mol. The van der Waals surface area contributed by atoms with E-state index in [9.17, 15) is 15.0 Å². The summed E-state index contributed by atoms with van der Waals surface area (Å²) in [6.45, 7) is 2.23. The molecule has 27 heavy (non-hydrogen) atoms. The Bertz CT molecular complexity index is 320. The minimum Gasteiger partial charge on any atom is -0.481 e. The molecule has 0 aromatic rings. The lowest BCUT2D eigenvalue weighted by molar-refractivity contribution is -0.137. The maximum atomic E-state index is 10.4. The van der Waals surface area contributed by atoms with Gasteiger partial charge in [0.1, 0.15) is 0 Å². The average molecular weight is 387 g/mol. The molecule has 2 atom stereocenters. The fourth-order valence-corrected chi connectivity index (χ4v) is 3.55. The van der Waals surface area contributed by atoms with Gasteiger partial charge in [-0.3, -0.25) is 4.79 Å². The van der Waals surface area contributed by atoms with Crippen molar-refractivity contribution in [2.24, 2.45) is 0 Å². The van der Waals surface area contributed by atoms with Crippen LogP contribution in [0.4, 0.5) is 0 Å². The van der Waals surface area contributed by atoms with E-state index in [4.69, 9.17) is 5.11 Å². The molecule has 0 saturated carbocycles. The summed E-state index contributed by atoms with van der Waals surface area (Å²) in [4.78, 5) is 10.4. The number of hydrogen-bond donors (Lipinski definition) is 3. The van der Waals surface area contributed by atoms with Crippen molar-refractivity contribution in [1.82, 2.24) is 0 Å². The topological polar surface area (TPSA) is 77.8 Å². The maximum absolute atomic E-state index is 10.4. The van der Waals surface area contributed by atoms with Crippen LogP contribution in [0, 0.1) is 0 Å². The molecule has 0 aromatic heterocycles. The molecule has 4 nitrogen and oxygen atoms in total. The molecular weight excluding hydrogens is 340 g/mol. The molecule has 0 amide bonds. The number of carboxylic acids is 1. The van der Waals surface area contributed by atoms with Crippen LogP contribution < -0.4 is 0 Å². The summed E-state index contributed by atoms with van der Waals surface area (Å²) in [6, 6.07) is 0. The Morgan fingerprint density at radius 2 is 0.963 bits per heavy atom. The molecule has 0 aromatic carbocycles. The maximum Gasteiger partial charge on any atom is 0.303 e. The van der Waals surface area contributed by atoms with Gasteiger partial charge in [0.25, 0.3) is 0 Å². The molecule has 0 heterocycles. The zero-order chi connectivity index (χ0) is 20.2. The molecule has 0 aliphatic rings. The lowest BCUT2D eigenvalue weighted by Gasteiger charge is -2.14. The summed E-state index contributed by atoms with van der Waals surface area (Å²) in [6.07, 6.45) is 19.2. The van der Waals surface area contributed by atoms with E-state index in [-0.39, 0.29) is 18.6 Å². The van der Waals surface area contributed by atoms with E-state index in [0.29, 0.717) is 6.42 Å². The molecule has 0 fully saturated rings. The van der Waals surface area contributed by atoms with Crippen molar-refractivity contribution in [2.75, 3.05) is 0 Å². The number of hydrogen-bond acceptors (Lipinski definition) is 3. The monoisotopic (exact) mass is 386 g/mol. The summed E-state index contributed by atoms with van der Waals surface area (Å²) < 4.78 is 0. The van der Waals surface area contributed by atoms with Crippen molar-refractivity contribution in [3.05, 3.63) is 0 Å². The van der Waals surface area contributed by atoms with Crippen LogP contribution in [0.25, 0.3) is 0 Å². The van der Waals surface area contributed by atoms with Crippen molar-refractivity contribution >= 4 is 5.97 Å². The van der Waals surface area contributed by atoms with Gasteiger partial charge in [0.05, 0.1) is 12.2 Å². The quantitative estimate of drug-likeness (QED) is 0.204. The molecule has 0 aliphatic heterocycles. The number of unbranched alkanes of at least 4 members (excludes halogenated alkanes) is 12. The Morgan fingerprint density at radius 1 is 0.593 bits per heavy atom. The van der Waals surface area contributed by atoms with Crippen molar-refractivity contribution in [1.29, 1.82) is 0 Å². The van der Waals surface area contributed by atoms with Gasteiger partial charge < -0.3 is 15.3 Å². The van der Waals surface area contributed by atoms with Gasteiger partial charge in [0, 0.05) is 6.42 Å². The number of aliphatic hydroxyl groups is 2. The second-order valence-electron chi connectivity index (χ2n) is 8.20. The summed E-state index contributed by atoms with van der Waals surface area (Å²) in [5.74, 6) is -0.698. The van der Waals surface area contributed by atoms with Gasteiger partial charge in [-0.2, -0.15) is 0 Å². The first-order valence-electron chi connectivity index (χ1n) is 11.6. The Balaban J connectivity index is 3.32. The van der Waals surface area contributed by atoms with E-state index in [1.807, 2.05) is 0 Å². The zero-order valence-electron chi connectivity index (χ0n) is 17.8. The van der Waals surface area contributed by atoms with Gasteiger partial charge in [0.2, 0.25) is 0 Å². The van der Waals surface area contributed by atoms with E-state index >= 15 is 0 Å². The molecule has 0 bridgehead atoms. The van der Waals surface area contributed by atoms with Gasteiger partial charge in [-0.25, -0.2) is 0 Å². The highest BCUT2D eigenvalue weighted by Crippen LogP contribution is 2.16. The number of rotatable bonds is 21. The lowest BCUT2D eigenvalue weighted by Crippen LogP contribution is -2.13. The normalized spacial score (nSPS) is 13.6. The van der Waals surface area contributed by atoms with Crippen LogP contribution in [-0.2, 0) is 4.79 Å². The van der Waals surface area contributed by atoms with E-state index in [2.05, 4.69) is 6.92 Å². The van der Waals surface area contributed by atoms with Crippen molar-refractivity contribution in [3.63, 3.8) is 0 Å². The molecule has 0 radical (unpaired) electrons. The Morgan fingerprint density at radius 3 is 1.37 bits per heavy atom. The number of aliphatic carboxylic acids is 1. The second kappa shape index (κ2) is 20.1. The summed E-state index contributed by atoms with van der Waals surface area (Å²) in [5.41, 5.74) is 0. The van der Waals surface area contributed by atoms with Gasteiger partial charge >= 0.3 is 5.97 Å². The van der Waals surface area contributed by atoms with E-state index < -0.39 is 5.97 Å². The van der Waals surface area contributed by atoms with Gasteiger partial charge in [-0.1, -0.05) is 90.4 Å². The Kier molecular flexibility index (Phi) is 19.7. The SMILES string of the molecule is CCCCCCCCCC(O)CCC(O)CCCCCCCCCC(=O)O. The number of aliphatic hydroxyl groups excluding tert-OH is 2. The molecule has 0 saturated heterocycles. The first-order valence-corrected chi connectivity index (χ1v) is 11.6. The lowest BCUT2D eigenvalue weighted by atomic mass is 10.00. The zero-order valence-corrected chi connectivity index (χ0v) is 17.8. The minimum atomic E-state index is -0.698. The molecule has 0 spiro atoms. The third kappa shape index (κ3) is 21.5. The average Bonchev–Trinajstić information content (AvgIpc) is 2.64. The van der Waals surface area contributed by atoms with Crippen LogP contribution in [-0.4, -0.2) is 33.5 Å². The molecule has 2 unspecified atom stereocenters. The van der Waals surface area contributed by atoms with E-state index in [1.165, 1.54) is 44.9 Å². The Labute approximate surface area is 167 Å². The smallest absolute Gasteiger partial charge is 0.303 e. The summed E-state index contributed by atoms with van der Waals surface area (Å²) >= 11 is 0. The Hall–Kier alpha value is -0.610. The van der Waals surface area contributed by atoms with E-state index in [0.717, 1.165) is 64.2 Å². The summed E-state index contributed by atoms with van der Waals surface area (Å²) in [7, 11) is 0. The predicted octanol–water partition coefficient (Wildman–Crippen LogP) is 6.22. The third-order valence-electron chi connectivity index (χ3n) is 5.40. The molecule has 3 N–H and O–H groups in total. The van der Waals surface area contributed by atoms with Crippen LogP contribution in [0.1, 0.15) is 129 Å². The van der Waals surface area contributed by atoms with Gasteiger partial charge in [0.15, 0.2) is 0 Å². The second-order valence-corrected chi connectivity index (χ2v) is 8.20.